The van der Waals surface area contributed by atoms with E-state index < -0.39 is 17.7 Å². The summed E-state index contributed by atoms with van der Waals surface area (Å²) in [6.45, 7) is 7.84. The molecule has 0 saturated heterocycles. The first-order chi connectivity index (χ1) is 11.4. The van der Waals surface area contributed by atoms with Crippen molar-refractivity contribution in [2.75, 3.05) is 11.9 Å². The molecular weight excluding hydrogens is 311 g/mol. The Labute approximate surface area is 140 Å². The van der Waals surface area contributed by atoms with Crippen molar-refractivity contribution >= 4 is 17.6 Å². The molecule has 2 rings (SSSR count). The van der Waals surface area contributed by atoms with Gasteiger partial charge in [-0.2, -0.15) is 0 Å². The normalized spacial score (nSPS) is 10.5. The highest BCUT2D eigenvalue weighted by atomic mass is 19.1. The smallest absolute Gasteiger partial charge is 0.355 e. The first-order valence-corrected chi connectivity index (χ1v) is 7.85. The molecule has 6 heteroatoms. The van der Waals surface area contributed by atoms with Crippen LogP contribution in [0.2, 0.25) is 0 Å². The maximum Gasteiger partial charge on any atom is 0.355 e. The summed E-state index contributed by atoms with van der Waals surface area (Å²) in [5, 5.41) is 2.56. The molecule has 1 amide bonds. The van der Waals surface area contributed by atoms with Crippen LogP contribution >= 0.6 is 0 Å². The highest BCUT2D eigenvalue weighted by Crippen LogP contribution is 2.25. The van der Waals surface area contributed by atoms with E-state index >= 15 is 0 Å². The summed E-state index contributed by atoms with van der Waals surface area (Å²) < 4.78 is 20.6. The number of nitrogens with zero attached hydrogens (tertiary/aromatic N) is 1. The molecule has 0 bridgehead atoms. The third-order valence-corrected chi connectivity index (χ3v) is 3.90. The molecule has 5 nitrogen and oxygen atoms in total. The predicted molar refractivity (Wildman–Crippen MR) is 89.9 cm³/mol. The predicted octanol–water partition coefficient (Wildman–Crippen LogP) is 3.69. The Bertz CT molecular complexity index is 781. The molecule has 0 fully saturated rings. The number of esters is 1. The van der Waals surface area contributed by atoms with Gasteiger partial charge in [0.2, 0.25) is 0 Å². The largest absolute Gasteiger partial charge is 0.461 e. The van der Waals surface area contributed by atoms with Crippen LogP contribution in [-0.4, -0.2) is 23.1 Å². The Kier molecular flexibility index (Phi) is 5.39. The van der Waals surface area contributed by atoms with Gasteiger partial charge in [-0.1, -0.05) is 12.1 Å². The molecule has 1 heterocycles. The molecule has 1 aromatic carbocycles. The van der Waals surface area contributed by atoms with Gasteiger partial charge >= 0.3 is 5.97 Å². The Balaban J connectivity index is 2.45. The van der Waals surface area contributed by atoms with Crippen molar-refractivity contribution < 1.29 is 18.7 Å². The number of nitrogens with one attached hydrogen (secondary N) is 1. The number of benzene rings is 1. The first kappa shape index (κ1) is 17.7. The van der Waals surface area contributed by atoms with Crippen molar-refractivity contribution in [3.8, 4) is 0 Å². The van der Waals surface area contributed by atoms with Gasteiger partial charge in [-0.25, -0.2) is 9.18 Å². The Morgan fingerprint density at radius 1 is 1.21 bits per heavy atom. The molecule has 0 atom stereocenters. The number of anilines is 1. The van der Waals surface area contributed by atoms with Crippen molar-refractivity contribution in [3.05, 3.63) is 52.6 Å². The van der Waals surface area contributed by atoms with E-state index in [0.29, 0.717) is 29.1 Å². The second-order valence-corrected chi connectivity index (χ2v) is 5.33. The van der Waals surface area contributed by atoms with Gasteiger partial charge in [-0.05, 0) is 45.4 Å². The molecule has 0 aliphatic heterocycles. The van der Waals surface area contributed by atoms with Crippen LogP contribution in [0, 0.1) is 19.7 Å². The van der Waals surface area contributed by atoms with Gasteiger partial charge in [-0.15, -0.1) is 0 Å². The van der Waals surface area contributed by atoms with Gasteiger partial charge < -0.3 is 14.6 Å². The highest BCUT2D eigenvalue weighted by Gasteiger charge is 2.26. The Morgan fingerprint density at radius 3 is 2.46 bits per heavy atom. The number of amides is 1. The lowest BCUT2D eigenvalue weighted by Crippen LogP contribution is -2.15. The van der Waals surface area contributed by atoms with E-state index in [1.165, 1.54) is 12.1 Å². The lowest BCUT2D eigenvalue weighted by atomic mass is 10.1. The van der Waals surface area contributed by atoms with E-state index in [4.69, 9.17) is 4.74 Å². The zero-order valence-electron chi connectivity index (χ0n) is 14.3. The fraction of sp³-hybridized carbons (Fsp3) is 0.333. The van der Waals surface area contributed by atoms with E-state index in [9.17, 15) is 14.0 Å². The monoisotopic (exact) mass is 332 g/mol. The fourth-order valence-electron chi connectivity index (χ4n) is 2.83. The van der Waals surface area contributed by atoms with Gasteiger partial charge in [0.1, 0.15) is 11.5 Å². The molecule has 24 heavy (non-hydrogen) atoms. The second-order valence-electron chi connectivity index (χ2n) is 5.33. The minimum absolute atomic E-state index is 0.100. The van der Waals surface area contributed by atoms with Crippen LogP contribution in [0.4, 0.5) is 10.1 Å². The standard InChI is InChI=1S/C18H21FN2O3/c1-5-21-12(4)15(11(3)16(21)18(23)24-6-2)17(22)20-14-10-8-7-9-13(14)19/h7-10H,5-6H2,1-4H3,(H,20,22). The zero-order valence-corrected chi connectivity index (χ0v) is 14.3. The Morgan fingerprint density at radius 2 is 1.88 bits per heavy atom. The fourth-order valence-corrected chi connectivity index (χ4v) is 2.83. The summed E-state index contributed by atoms with van der Waals surface area (Å²) in [6, 6.07) is 5.95. The van der Waals surface area contributed by atoms with Crippen molar-refractivity contribution in [1.29, 1.82) is 0 Å². The third kappa shape index (κ3) is 3.18. The quantitative estimate of drug-likeness (QED) is 0.850. The van der Waals surface area contributed by atoms with Crippen molar-refractivity contribution in [1.82, 2.24) is 4.57 Å². The van der Waals surface area contributed by atoms with Crippen molar-refractivity contribution in [2.45, 2.75) is 34.2 Å². The first-order valence-electron chi connectivity index (χ1n) is 7.85. The molecular formula is C18H21FN2O3. The molecule has 128 valence electrons. The highest BCUT2D eigenvalue weighted by molar-refractivity contribution is 6.08. The van der Waals surface area contributed by atoms with Crippen LogP contribution in [0.5, 0.6) is 0 Å². The third-order valence-electron chi connectivity index (χ3n) is 3.90. The average molecular weight is 332 g/mol. The summed E-state index contributed by atoms with van der Waals surface area (Å²) in [5.41, 5.74) is 2.00. The summed E-state index contributed by atoms with van der Waals surface area (Å²) in [6.07, 6.45) is 0. The maximum atomic E-state index is 13.8. The molecule has 2 aromatic rings. The van der Waals surface area contributed by atoms with Gasteiger partial charge in [0.05, 0.1) is 17.9 Å². The molecule has 0 spiro atoms. The number of carbonyl (C=O) groups is 2. The van der Waals surface area contributed by atoms with Crippen molar-refractivity contribution in [3.63, 3.8) is 0 Å². The van der Waals surface area contributed by atoms with E-state index in [1.807, 2.05) is 6.92 Å². The molecule has 1 aromatic heterocycles. The number of carbonyl (C=O) groups excluding carboxylic acids is 2. The molecule has 0 radical (unpaired) electrons. The van der Waals surface area contributed by atoms with Gasteiger partial charge in [0.15, 0.2) is 0 Å². The summed E-state index contributed by atoms with van der Waals surface area (Å²) in [4.78, 5) is 24.8. The van der Waals surface area contributed by atoms with Crippen LogP contribution in [-0.2, 0) is 11.3 Å². The number of halogens is 1. The topological polar surface area (TPSA) is 60.3 Å². The van der Waals surface area contributed by atoms with E-state index in [1.54, 1.807) is 37.5 Å². The molecule has 0 aliphatic rings. The minimum atomic E-state index is -0.512. The van der Waals surface area contributed by atoms with Crippen molar-refractivity contribution in [2.24, 2.45) is 0 Å². The van der Waals surface area contributed by atoms with Crippen LogP contribution in [0.25, 0.3) is 0 Å². The summed E-state index contributed by atoms with van der Waals surface area (Å²) in [5.74, 6) is -1.43. The number of aromatic nitrogens is 1. The number of hydrogen-bond acceptors (Lipinski definition) is 3. The number of rotatable bonds is 5. The zero-order chi connectivity index (χ0) is 17.9. The van der Waals surface area contributed by atoms with Crippen LogP contribution in [0.15, 0.2) is 24.3 Å². The minimum Gasteiger partial charge on any atom is -0.461 e. The maximum absolute atomic E-state index is 13.8. The van der Waals surface area contributed by atoms with E-state index in [0.717, 1.165) is 0 Å². The molecule has 0 saturated carbocycles. The van der Waals surface area contributed by atoms with Gasteiger partial charge in [-0.3, -0.25) is 4.79 Å². The summed E-state index contributed by atoms with van der Waals surface area (Å²) >= 11 is 0. The number of para-hydroxylation sites is 1. The van der Waals surface area contributed by atoms with E-state index in [2.05, 4.69) is 5.32 Å². The number of ether oxygens (including phenoxy) is 1. The summed E-state index contributed by atoms with van der Waals surface area (Å²) in [7, 11) is 0. The average Bonchev–Trinajstić information content (AvgIpc) is 2.80. The van der Waals surface area contributed by atoms with Gasteiger partial charge in [0, 0.05) is 12.2 Å². The number of hydrogen-bond donors (Lipinski definition) is 1. The second kappa shape index (κ2) is 7.29. The molecule has 0 unspecified atom stereocenters. The lowest BCUT2D eigenvalue weighted by molar-refractivity contribution is 0.0512. The molecule has 1 N–H and O–H groups in total. The Hall–Kier alpha value is -2.63. The molecule has 0 aliphatic carbocycles. The van der Waals surface area contributed by atoms with E-state index in [-0.39, 0.29) is 12.3 Å². The van der Waals surface area contributed by atoms with Gasteiger partial charge in [0.25, 0.3) is 5.91 Å². The van der Waals surface area contributed by atoms with Crippen LogP contribution < -0.4 is 5.32 Å². The lowest BCUT2D eigenvalue weighted by Gasteiger charge is -2.08. The van der Waals surface area contributed by atoms with Crippen LogP contribution in [0.1, 0.15) is 46.0 Å². The van der Waals surface area contributed by atoms with Crippen LogP contribution in [0.3, 0.4) is 0 Å². The SMILES string of the molecule is CCOC(=O)c1c(C)c(C(=O)Nc2ccccc2F)c(C)n1CC.